The van der Waals surface area contributed by atoms with E-state index in [9.17, 15) is 9.18 Å². The van der Waals surface area contributed by atoms with Gasteiger partial charge >= 0.3 is 0 Å². The zero-order chi connectivity index (χ0) is 15.9. The number of nitrogens with one attached hydrogen (secondary N) is 1. The standard InChI is InChI=1S/C14H12ClFN4OS/c1-7-8(2)20-13(17-12(7)21)18-19-14(20)22-6-9-10(15)4-3-5-11(9)16/h3-5H,6H2,1-2H3,(H,17,18,21). The third-order valence-corrected chi connectivity index (χ3v) is 4.79. The summed E-state index contributed by atoms with van der Waals surface area (Å²) in [6.07, 6.45) is 0. The number of hydrogen-bond donors (Lipinski definition) is 1. The van der Waals surface area contributed by atoms with E-state index in [0.717, 1.165) is 5.69 Å². The molecule has 0 spiro atoms. The van der Waals surface area contributed by atoms with Gasteiger partial charge in [0.15, 0.2) is 5.16 Å². The Morgan fingerprint density at radius 2 is 2.14 bits per heavy atom. The maximum Gasteiger partial charge on any atom is 0.255 e. The topological polar surface area (TPSA) is 63.1 Å². The molecule has 0 aliphatic carbocycles. The van der Waals surface area contributed by atoms with Crippen molar-refractivity contribution in [3.05, 3.63) is 56.2 Å². The van der Waals surface area contributed by atoms with Crippen molar-refractivity contribution in [2.75, 3.05) is 0 Å². The van der Waals surface area contributed by atoms with E-state index in [-0.39, 0.29) is 11.4 Å². The molecule has 1 N–H and O–H groups in total. The van der Waals surface area contributed by atoms with E-state index in [4.69, 9.17) is 11.6 Å². The summed E-state index contributed by atoms with van der Waals surface area (Å²) < 4.78 is 15.5. The van der Waals surface area contributed by atoms with Crippen LogP contribution in [0.2, 0.25) is 5.02 Å². The lowest BCUT2D eigenvalue weighted by molar-refractivity contribution is 0.617. The molecular formula is C14H12ClFN4OS. The van der Waals surface area contributed by atoms with E-state index in [1.807, 2.05) is 6.92 Å². The minimum atomic E-state index is -0.352. The fraction of sp³-hybridized carbons (Fsp3) is 0.214. The molecule has 0 bridgehead atoms. The number of thioether (sulfide) groups is 1. The number of aryl methyl sites for hydroxylation is 1. The van der Waals surface area contributed by atoms with Gasteiger partial charge in [0, 0.05) is 27.6 Å². The molecule has 2 heterocycles. The first-order valence-corrected chi connectivity index (χ1v) is 7.85. The molecule has 22 heavy (non-hydrogen) atoms. The molecule has 8 heteroatoms. The van der Waals surface area contributed by atoms with Gasteiger partial charge < -0.3 is 0 Å². The molecule has 0 aliphatic rings. The Bertz CT molecular complexity index is 901. The summed E-state index contributed by atoms with van der Waals surface area (Å²) in [6.45, 7) is 3.55. The average molecular weight is 339 g/mol. The minimum absolute atomic E-state index is 0.189. The van der Waals surface area contributed by atoms with E-state index in [1.54, 1.807) is 23.5 Å². The largest absolute Gasteiger partial charge is 0.290 e. The molecule has 0 unspecified atom stereocenters. The van der Waals surface area contributed by atoms with Gasteiger partial charge in [0.2, 0.25) is 5.78 Å². The monoisotopic (exact) mass is 338 g/mol. The number of H-pyrrole nitrogens is 1. The van der Waals surface area contributed by atoms with Crippen molar-refractivity contribution in [3.63, 3.8) is 0 Å². The second-order valence-electron chi connectivity index (χ2n) is 4.80. The molecule has 5 nitrogen and oxygen atoms in total. The number of fused-ring (bicyclic) bond motifs is 1. The van der Waals surface area contributed by atoms with Crippen molar-refractivity contribution in [2.24, 2.45) is 0 Å². The van der Waals surface area contributed by atoms with E-state index in [1.165, 1.54) is 17.8 Å². The lowest BCUT2D eigenvalue weighted by Crippen LogP contribution is -2.15. The maximum absolute atomic E-state index is 13.8. The lowest BCUT2D eigenvalue weighted by Gasteiger charge is -2.07. The Balaban J connectivity index is 1.99. The Labute approximate surface area is 134 Å². The summed E-state index contributed by atoms with van der Waals surface area (Å²) >= 11 is 7.33. The third kappa shape index (κ3) is 2.50. The fourth-order valence-electron chi connectivity index (χ4n) is 2.08. The quantitative estimate of drug-likeness (QED) is 0.745. The Kier molecular flexibility index (Phi) is 3.92. The van der Waals surface area contributed by atoms with Gasteiger partial charge in [-0.25, -0.2) is 4.39 Å². The van der Waals surface area contributed by atoms with Gasteiger partial charge in [-0.05, 0) is 26.0 Å². The first kappa shape index (κ1) is 15.1. The third-order valence-electron chi connectivity index (χ3n) is 3.48. The predicted molar refractivity (Wildman–Crippen MR) is 84.1 cm³/mol. The fourth-order valence-corrected chi connectivity index (χ4v) is 3.41. The first-order chi connectivity index (χ1) is 10.5. The molecule has 0 aliphatic heterocycles. The highest BCUT2D eigenvalue weighted by Gasteiger charge is 2.14. The Hall–Kier alpha value is -1.86. The molecule has 0 saturated heterocycles. The molecule has 1 aromatic carbocycles. The van der Waals surface area contributed by atoms with Crippen LogP contribution in [-0.4, -0.2) is 19.6 Å². The lowest BCUT2D eigenvalue weighted by atomic mass is 10.2. The summed E-state index contributed by atoms with van der Waals surface area (Å²) in [5.41, 5.74) is 1.58. The van der Waals surface area contributed by atoms with Gasteiger partial charge in [-0.3, -0.25) is 14.2 Å². The van der Waals surface area contributed by atoms with Crippen LogP contribution in [0.15, 0.2) is 28.2 Å². The van der Waals surface area contributed by atoms with Crippen LogP contribution in [-0.2, 0) is 5.75 Å². The molecule has 114 valence electrons. The second kappa shape index (κ2) is 5.73. The smallest absolute Gasteiger partial charge is 0.255 e. The minimum Gasteiger partial charge on any atom is -0.290 e. The van der Waals surface area contributed by atoms with Gasteiger partial charge in [0.25, 0.3) is 5.56 Å². The highest BCUT2D eigenvalue weighted by Crippen LogP contribution is 2.28. The van der Waals surface area contributed by atoms with Crippen LogP contribution in [0.3, 0.4) is 0 Å². The summed E-state index contributed by atoms with van der Waals surface area (Å²) in [6, 6.07) is 4.59. The van der Waals surface area contributed by atoms with Crippen molar-refractivity contribution in [1.29, 1.82) is 0 Å². The number of halogens is 2. The SMILES string of the molecule is Cc1c(C)n2c(SCc3c(F)cccc3Cl)nnc2[nH]c1=O. The van der Waals surface area contributed by atoms with Gasteiger partial charge in [0.05, 0.1) is 0 Å². The summed E-state index contributed by atoms with van der Waals surface area (Å²) in [5.74, 6) is 0.342. The molecule has 0 amide bonds. The molecule has 3 rings (SSSR count). The van der Waals surface area contributed by atoms with Crippen LogP contribution in [0.1, 0.15) is 16.8 Å². The van der Waals surface area contributed by atoms with Crippen molar-refractivity contribution in [3.8, 4) is 0 Å². The van der Waals surface area contributed by atoms with E-state index in [2.05, 4.69) is 15.2 Å². The summed E-state index contributed by atoms with van der Waals surface area (Å²) in [4.78, 5) is 14.4. The van der Waals surface area contributed by atoms with Crippen molar-refractivity contribution in [1.82, 2.24) is 19.6 Å². The van der Waals surface area contributed by atoms with Gasteiger partial charge in [0.1, 0.15) is 5.82 Å². The van der Waals surface area contributed by atoms with Crippen LogP contribution in [0.4, 0.5) is 4.39 Å². The Morgan fingerprint density at radius 3 is 2.86 bits per heavy atom. The van der Waals surface area contributed by atoms with Crippen molar-refractivity contribution < 1.29 is 4.39 Å². The molecule has 0 fully saturated rings. The summed E-state index contributed by atoms with van der Waals surface area (Å²) in [5, 5.41) is 8.95. The normalized spacial score (nSPS) is 11.3. The molecule has 0 atom stereocenters. The number of benzene rings is 1. The molecule has 0 radical (unpaired) electrons. The molecule has 2 aromatic heterocycles. The number of rotatable bonds is 3. The highest BCUT2D eigenvalue weighted by atomic mass is 35.5. The molecule has 3 aromatic rings. The number of aromatic nitrogens is 4. The zero-order valence-electron chi connectivity index (χ0n) is 11.9. The van der Waals surface area contributed by atoms with E-state index < -0.39 is 0 Å². The number of aromatic amines is 1. The second-order valence-corrected chi connectivity index (χ2v) is 6.14. The average Bonchev–Trinajstić information content (AvgIpc) is 2.87. The predicted octanol–water partition coefficient (Wildman–Crippen LogP) is 3.12. The van der Waals surface area contributed by atoms with Gasteiger partial charge in [-0.2, -0.15) is 0 Å². The highest BCUT2D eigenvalue weighted by molar-refractivity contribution is 7.98. The van der Waals surface area contributed by atoms with Gasteiger partial charge in [-0.1, -0.05) is 29.4 Å². The molecule has 0 saturated carbocycles. The van der Waals surface area contributed by atoms with Crippen LogP contribution < -0.4 is 5.56 Å². The zero-order valence-corrected chi connectivity index (χ0v) is 13.4. The maximum atomic E-state index is 13.8. The van der Waals surface area contributed by atoms with Crippen LogP contribution in [0, 0.1) is 19.7 Å². The Morgan fingerprint density at radius 1 is 1.36 bits per heavy atom. The van der Waals surface area contributed by atoms with E-state index in [0.29, 0.717) is 32.8 Å². The van der Waals surface area contributed by atoms with Crippen molar-refractivity contribution in [2.45, 2.75) is 24.8 Å². The van der Waals surface area contributed by atoms with E-state index >= 15 is 0 Å². The molecular weight excluding hydrogens is 327 g/mol. The number of nitrogens with zero attached hydrogens (tertiary/aromatic N) is 3. The van der Waals surface area contributed by atoms with Crippen LogP contribution in [0.5, 0.6) is 0 Å². The first-order valence-electron chi connectivity index (χ1n) is 6.49. The van der Waals surface area contributed by atoms with Crippen LogP contribution in [0.25, 0.3) is 5.78 Å². The van der Waals surface area contributed by atoms with Crippen LogP contribution >= 0.6 is 23.4 Å². The van der Waals surface area contributed by atoms with Crippen molar-refractivity contribution >= 4 is 29.1 Å². The number of hydrogen-bond acceptors (Lipinski definition) is 4. The van der Waals surface area contributed by atoms with Gasteiger partial charge in [-0.15, -0.1) is 10.2 Å². The summed E-state index contributed by atoms with van der Waals surface area (Å²) in [7, 11) is 0.